The van der Waals surface area contributed by atoms with E-state index in [0.717, 1.165) is 10.7 Å². The Kier molecular flexibility index (Phi) is 5.96. The van der Waals surface area contributed by atoms with Crippen molar-refractivity contribution in [1.82, 2.24) is 9.78 Å². The van der Waals surface area contributed by atoms with Crippen molar-refractivity contribution < 1.29 is 35.6 Å². The number of aryl methyl sites for hydroxylation is 1. The highest BCUT2D eigenvalue weighted by molar-refractivity contribution is 6.01. The van der Waals surface area contributed by atoms with Gasteiger partial charge >= 0.3 is 12.4 Å². The minimum Gasteiger partial charge on any atom is -0.465 e. The molecule has 11 heteroatoms. The number of alkyl halides is 6. The summed E-state index contributed by atoms with van der Waals surface area (Å²) >= 11 is 0. The van der Waals surface area contributed by atoms with E-state index in [1.165, 1.54) is 31.5 Å². The van der Waals surface area contributed by atoms with Crippen LogP contribution in [-0.4, -0.2) is 15.7 Å². The predicted molar refractivity (Wildman–Crippen MR) is 98.9 cm³/mol. The van der Waals surface area contributed by atoms with Crippen LogP contribution in [0.2, 0.25) is 0 Å². The summed E-state index contributed by atoms with van der Waals surface area (Å²) in [6.45, 7) is 1.09. The number of halogens is 6. The summed E-state index contributed by atoms with van der Waals surface area (Å²) < 4.78 is 84.5. The van der Waals surface area contributed by atoms with Crippen molar-refractivity contribution in [3.63, 3.8) is 0 Å². The van der Waals surface area contributed by atoms with E-state index in [1.807, 2.05) is 0 Å². The van der Waals surface area contributed by atoms with Crippen LogP contribution in [0.25, 0.3) is 6.08 Å². The molecule has 0 unspecified atom stereocenters. The van der Waals surface area contributed by atoms with Crippen LogP contribution in [0.15, 0.2) is 53.3 Å². The first-order chi connectivity index (χ1) is 14.4. The third kappa shape index (κ3) is 5.56. The Labute approximate surface area is 172 Å². The molecule has 1 N–H and O–H groups in total. The average molecular weight is 443 g/mol. The monoisotopic (exact) mass is 443 g/mol. The van der Waals surface area contributed by atoms with Crippen LogP contribution in [-0.2, 0) is 23.7 Å². The van der Waals surface area contributed by atoms with Gasteiger partial charge in [-0.05, 0) is 42.8 Å². The second-order valence-corrected chi connectivity index (χ2v) is 6.53. The van der Waals surface area contributed by atoms with Crippen LogP contribution in [0, 0.1) is 6.92 Å². The van der Waals surface area contributed by atoms with Crippen LogP contribution in [0.3, 0.4) is 0 Å². The van der Waals surface area contributed by atoms with Gasteiger partial charge in [0.1, 0.15) is 5.76 Å². The minimum absolute atomic E-state index is 0.0772. The maximum atomic E-state index is 13.3. The molecule has 31 heavy (non-hydrogen) atoms. The standard InChI is InChI=1S/C20H15F6N3O2/c1-12-17(27-18(30)7-6-15-3-2-8-31-15)11-29(28-12)10-13-4-5-14(19(21,22)23)9-16(13)20(24,25)26/h2-9,11H,10H2,1H3,(H,27,30)/b7-6+. The lowest BCUT2D eigenvalue weighted by molar-refractivity contribution is -0.143. The van der Waals surface area contributed by atoms with Crippen LogP contribution < -0.4 is 5.32 Å². The van der Waals surface area contributed by atoms with E-state index in [-0.39, 0.29) is 11.8 Å². The molecule has 164 valence electrons. The largest absolute Gasteiger partial charge is 0.465 e. The minimum atomic E-state index is -4.98. The van der Waals surface area contributed by atoms with Crippen LogP contribution >= 0.6 is 0 Å². The number of furan rings is 1. The quantitative estimate of drug-likeness (QED) is 0.417. The Morgan fingerprint density at radius 3 is 2.52 bits per heavy atom. The number of benzene rings is 1. The molecule has 5 nitrogen and oxygen atoms in total. The van der Waals surface area contributed by atoms with Gasteiger partial charge in [0, 0.05) is 12.3 Å². The molecule has 0 saturated heterocycles. The molecule has 0 saturated carbocycles. The lowest BCUT2D eigenvalue weighted by atomic mass is 10.0. The van der Waals surface area contributed by atoms with Gasteiger partial charge in [0.2, 0.25) is 5.91 Å². The fourth-order valence-electron chi connectivity index (χ4n) is 2.77. The molecule has 1 amide bonds. The molecule has 2 heterocycles. The van der Waals surface area contributed by atoms with Crippen LogP contribution in [0.5, 0.6) is 0 Å². The molecule has 0 atom stereocenters. The van der Waals surface area contributed by atoms with Gasteiger partial charge in [0.05, 0.1) is 35.3 Å². The van der Waals surface area contributed by atoms with Gasteiger partial charge in [-0.2, -0.15) is 31.4 Å². The SMILES string of the molecule is Cc1nn(Cc2ccc(C(F)(F)F)cc2C(F)(F)F)cc1NC(=O)/C=C/c1ccco1. The van der Waals surface area contributed by atoms with Gasteiger partial charge in [-0.3, -0.25) is 9.48 Å². The Balaban J connectivity index is 1.80. The lowest BCUT2D eigenvalue weighted by Gasteiger charge is -2.16. The first-order valence-electron chi connectivity index (χ1n) is 8.77. The third-order valence-corrected chi connectivity index (χ3v) is 4.22. The number of carbonyl (C=O) groups is 1. The first kappa shape index (κ1) is 22.2. The summed E-state index contributed by atoms with van der Waals surface area (Å²) in [5.41, 5.74) is -2.62. The Hall–Kier alpha value is -3.50. The zero-order valence-electron chi connectivity index (χ0n) is 15.9. The molecule has 0 fully saturated rings. The molecule has 2 aromatic heterocycles. The fraction of sp³-hybridized carbons (Fsp3) is 0.200. The van der Waals surface area contributed by atoms with Crippen molar-refractivity contribution in [2.24, 2.45) is 0 Å². The molecular weight excluding hydrogens is 428 g/mol. The van der Waals surface area contributed by atoms with Gasteiger partial charge in [-0.25, -0.2) is 0 Å². The summed E-state index contributed by atoms with van der Waals surface area (Å²) in [6.07, 6.45) is -4.53. The summed E-state index contributed by atoms with van der Waals surface area (Å²) in [7, 11) is 0. The maximum absolute atomic E-state index is 13.3. The van der Waals surface area contributed by atoms with Crippen molar-refractivity contribution in [3.05, 3.63) is 77.0 Å². The van der Waals surface area contributed by atoms with E-state index in [1.54, 1.807) is 12.1 Å². The second kappa shape index (κ2) is 8.32. The van der Waals surface area contributed by atoms with E-state index < -0.39 is 41.5 Å². The van der Waals surface area contributed by atoms with Gasteiger partial charge < -0.3 is 9.73 Å². The average Bonchev–Trinajstić information content (AvgIpc) is 3.28. The highest BCUT2D eigenvalue weighted by Gasteiger charge is 2.38. The molecule has 0 bridgehead atoms. The lowest BCUT2D eigenvalue weighted by Crippen LogP contribution is -2.15. The highest BCUT2D eigenvalue weighted by Crippen LogP contribution is 2.37. The van der Waals surface area contributed by atoms with Crippen molar-refractivity contribution >= 4 is 17.7 Å². The molecule has 0 radical (unpaired) electrons. The van der Waals surface area contributed by atoms with E-state index in [4.69, 9.17) is 4.42 Å². The molecule has 1 aromatic carbocycles. The fourth-order valence-corrected chi connectivity index (χ4v) is 2.77. The van der Waals surface area contributed by atoms with Crippen molar-refractivity contribution in [1.29, 1.82) is 0 Å². The Morgan fingerprint density at radius 1 is 1.16 bits per heavy atom. The zero-order chi connectivity index (χ0) is 22.8. The van der Waals surface area contributed by atoms with Crippen molar-refractivity contribution in [2.45, 2.75) is 25.8 Å². The summed E-state index contributed by atoms with van der Waals surface area (Å²) in [5.74, 6) is -0.0749. The molecule has 0 aliphatic carbocycles. The predicted octanol–water partition coefficient (Wildman–Crippen LogP) is 5.52. The summed E-state index contributed by atoms with van der Waals surface area (Å²) in [4.78, 5) is 12.0. The Morgan fingerprint density at radius 2 is 1.90 bits per heavy atom. The number of rotatable bonds is 5. The van der Waals surface area contributed by atoms with E-state index >= 15 is 0 Å². The number of nitrogens with one attached hydrogen (secondary N) is 1. The maximum Gasteiger partial charge on any atom is 0.416 e. The van der Waals surface area contributed by atoms with Gasteiger partial charge in [0.15, 0.2) is 0 Å². The van der Waals surface area contributed by atoms with Crippen LogP contribution in [0.1, 0.15) is 28.1 Å². The summed E-state index contributed by atoms with van der Waals surface area (Å²) in [5, 5.41) is 6.56. The number of amides is 1. The number of carbonyl (C=O) groups excluding carboxylic acids is 1. The van der Waals surface area contributed by atoms with Crippen molar-refractivity contribution in [3.8, 4) is 0 Å². The molecule has 3 aromatic rings. The van der Waals surface area contributed by atoms with Crippen LogP contribution in [0.4, 0.5) is 32.0 Å². The van der Waals surface area contributed by atoms with Gasteiger partial charge in [-0.1, -0.05) is 6.07 Å². The Bertz CT molecular complexity index is 1100. The van der Waals surface area contributed by atoms with Gasteiger partial charge in [0.25, 0.3) is 0 Å². The number of aromatic nitrogens is 2. The normalized spacial score (nSPS) is 12.5. The number of hydrogen-bond donors (Lipinski definition) is 1. The first-order valence-corrected chi connectivity index (χ1v) is 8.77. The molecule has 0 spiro atoms. The second-order valence-electron chi connectivity index (χ2n) is 6.53. The smallest absolute Gasteiger partial charge is 0.416 e. The van der Waals surface area contributed by atoms with Crippen molar-refractivity contribution in [2.75, 3.05) is 5.32 Å². The number of nitrogens with zero attached hydrogens (tertiary/aromatic N) is 2. The van der Waals surface area contributed by atoms with E-state index in [2.05, 4.69) is 10.4 Å². The zero-order valence-corrected chi connectivity index (χ0v) is 15.9. The number of hydrogen-bond acceptors (Lipinski definition) is 3. The molecular formula is C20H15F6N3O2. The number of anilines is 1. The third-order valence-electron chi connectivity index (χ3n) is 4.22. The molecule has 0 aliphatic heterocycles. The van der Waals surface area contributed by atoms with E-state index in [0.29, 0.717) is 17.5 Å². The van der Waals surface area contributed by atoms with E-state index in [9.17, 15) is 31.1 Å². The molecule has 0 aliphatic rings. The highest BCUT2D eigenvalue weighted by atomic mass is 19.4. The van der Waals surface area contributed by atoms with Gasteiger partial charge in [-0.15, -0.1) is 0 Å². The molecule has 3 rings (SSSR count). The summed E-state index contributed by atoms with van der Waals surface area (Å²) in [6, 6.07) is 4.71. The topological polar surface area (TPSA) is 60.1 Å².